The highest BCUT2D eigenvalue weighted by atomic mass is 19.1. The van der Waals surface area contributed by atoms with Crippen LogP contribution in [0, 0.1) is 5.82 Å². The summed E-state index contributed by atoms with van der Waals surface area (Å²) in [7, 11) is 3.49. The molecule has 0 amide bonds. The van der Waals surface area contributed by atoms with Crippen LogP contribution in [0.15, 0.2) is 12.3 Å². The van der Waals surface area contributed by atoms with Crippen LogP contribution in [0.25, 0.3) is 0 Å². The van der Waals surface area contributed by atoms with Crippen molar-refractivity contribution in [1.82, 2.24) is 10.3 Å². The number of nitrogens with zero attached hydrogens (tertiary/aromatic N) is 2. The molecule has 1 aliphatic rings. The van der Waals surface area contributed by atoms with Gasteiger partial charge in [0.1, 0.15) is 0 Å². The topological polar surface area (TPSA) is 37.4 Å². The molecule has 0 saturated carbocycles. The van der Waals surface area contributed by atoms with Gasteiger partial charge in [0.25, 0.3) is 0 Å². The second kappa shape index (κ2) is 5.42. The Kier molecular flexibility index (Phi) is 3.91. The van der Waals surface area contributed by atoms with Crippen molar-refractivity contribution >= 4 is 5.82 Å². The number of hydrogen-bond acceptors (Lipinski definition) is 4. The third kappa shape index (κ3) is 2.56. The van der Waals surface area contributed by atoms with Gasteiger partial charge in [0.15, 0.2) is 11.6 Å². The molecular formula is C12H18FN3O. The molecule has 1 aromatic rings. The van der Waals surface area contributed by atoms with Gasteiger partial charge in [-0.15, -0.1) is 0 Å². The van der Waals surface area contributed by atoms with E-state index in [1.807, 2.05) is 4.90 Å². The lowest BCUT2D eigenvalue weighted by atomic mass is 10.2. The Bertz CT molecular complexity index is 386. The number of anilines is 1. The normalized spacial score (nSPS) is 19.9. The molecule has 94 valence electrons. The van der Waals surface area contributed by atoms with E-state index in [0.717, 1.165) is 13.0 Å². The Balaban J connectivity index is 2.18. The standard InChI is InChI=1S/C12H18FN3O/c1-14-7-9-3-5-15-12(11(9)13)16-6-4-10(8-16)17-2/h3,5,10,14H,4,6-8H2,1-2H3. The number of ether oxygens (including phenoxy) is 1. The molecule has 0 radical (unpaired) electrons. The van der Waals surface area contributed by atoms with Gasteiger partial charge in [-0.1, -0.05) is 0 Å². The third-order valence-corrected chi connectivity index (χ3v) is 3.10. The quantitative estimate of drug-likeness (QED) is 0.855. The lowest BCUT2D eigenvalue weighted by molar-refractivity contribution is 0.121. The van der Waals surface area contributed by atoms with Crippen molar-refractivity contribution in [1.29, 1.82) is 0 Å². The monoisotopic (exact) mass is 239 g/mol. The first-order valence-electron chi connectivity index (χ1n) is 5.82. The number of methoxy groups -OCH3 is 1. The van der Waals surface area contributed by atoms with Crippen molar-refractivity contribution in [2.24, 2.45) is 0 Å². The van der Waals surface area contributed by atoms with E-state index in [4.69, 9.17) is 4.74 Å². The molecule has 1 unspecified atom stereocenters. The Morgan fingerprint density at radius 2 is 2.47 bits per heavy atom. The summed E-state index contributed by atoms with van der Waals surface area (Å²) in [6, 6.07) is 1.71. The molecular weight excluding hydrogens is 221 g/mol. The van der Waals surface area contributed by atoms with E-state index in [2.05, 4.69) is 10.3 Å². The van der Waals surface area contributed by atoms with Gasteiger partial charge in [0.05, 0.1) is 6.10 Å². The van der Waals surface area contributed by atoms with Crippen LogP contribution in [0.1, 0.15) is 12.0 Å². The summed E-state index contributed by atoms with van der Waals surface area (Å²) >= 11 is 0. The van der Waals surface area contributed by atoms with E-state index in [-0.39, 0.29) is 11.9 Å². The van der Waals surface area contributed by atoms with Gasteiger partial charge >= 0.3 is 0 Å². The Hall–Kier alpha value is -1.20. The second-order valence-electron chi connectivity index (χ2n) is 4.23. The number of aromatic nitrogens is 1. The maximum atomic E-state index is 14.2. The van der Waals surface area contributed by atoms with Crippen LogP contribution in [0.3, 0.4) is 0 Å². The van der Waals surface area contributed by atoms with Gasteiger partial charge in [0.2, 0.25) is 0 Å². The first kappa shape index (κ1) is 12.3. The van der Waals surface area contributed by atoms with Gasteiger partial charge < -0.3 is 15.0 Å². The van der Waals surface area contributed by atoms with Crippen LogP contribution < -0.4 is 10.2 Å². The van der Waals surface area contributed by atoms with Crippen molar-refractivity contribution in [3.05, 3.63) is 23.6 Å². The molecule has 1 fully saturated rings. The summed E-state index contributed by atoms with van der Waals surface area (Å²) in [5, 5.41) is 2.95. The minimum absolute atomic E-state index is 0.184. The number of rotatable bonds is 4. The van der Waals surface area contributed by atoms with Gasteiger partial charge in [0, 0.05) is 38.5 Å². The summed E-state index contributed by atoms with van der Waals surface area (Å²) in [5.41, 5.74) is 0.651. The molecule has 2 heterocycles. The van der Waals surface area contributed by atoms with Gasteiger partial charge in [-0.3, -0.25) is 0 Å². The first-order valence-corrected chi connectivity index (χ1v) is 5.82. The molecule has 0 spiro atoms. The lowest BCUT2D eigenvalue weighted by Gasteiger charge is -2.18. The molecule has 5 heteroatoms. The molecule has 0 bridgehead atoms. The van der Waals surface area contributed by atoms with Gasteiger partial charge in [-0.25, -0.2) is 9.37 Å². The molecule has 1 aliphatic heterocycles. The van der Waals surface area contributed by atoms with Crippen LogP contribution in [0.4, 0.5) is 10.2 Å². The minimum atomic E-state index is -0.224. The third-order valence-electron chi connectivity index (χ3n) is 3.10. The predicted molar refractivity (Wildman–Crippen MR) is 64.6 cm³/mol. The highest BCUT2D eigenvalue weighted by molar-refractivity contribution is 5.44. The highest BCUT2D eigenvalue weighted by Crippen LogP contribution is 2.24. The SMILES string of the molecule is CNCc1ccnc(N2CCC(OC)C2)c1F. The zero-order valence-corrected chi connectivity index (χ0v) is 10.2. The number of halogens is 1. The molecule has 1 N–H and O–H groups in total. The van der Waals surface area contributed by atoms with Crippen LogP contribution in [0.5, 0.6) is 0 Å². The fourth-order valence-electron chi connectivity index (χ4n) is 2.13. The minimum Gasteiger partial charge on any atom is -0.380 e. The Morgan fingerprint density at radius 3 is 3.12 bits per heavy atom. The van der Waals surface area contributed by atoms with Crippen LogP contribution in [-0.4, -0.2) is 38.3 Å². The largest absolute Gasteiger partial charge is 0.380 e. The molecule has 17 heavy (non-hydrogen) atoms. The van der Waals surface area contributed by atoms with Crippen molar-refractivity contribution in [2.45, 2.75) is 19.1 Å². The number of nitrogens with one attached hydrogen (secondary N) is 1. The van der Waals surface area contributed by atoms with E-state index in [9.17, 15) is 4.39 Å². The molecule has 1 atom stereocenters. The maximum Gasteiger partial charge on any atom is 0.170 e. The van der Waals surface area contributed by atoms with Crippen LogP contribution in [-0.2, 0) is 11.3 Å². The lowest BCUT2D eigenvalue weighted by Crippen LogP contribution is -2.25. The van der Waals surface area contributed by atoms with E-state index in [0.29, 0.717) is 24.5 Å². The molecule has 1 saturated heterocycles. The Labute approximate surface area is 101 Å². The Morgan fingerprint density at radius 1 is 1.65 bits per heavy atom. The molecule has 4 nitrogen and oxygen atoms in total. The summed E-state index contributed by atoms with van der Waals surface area (Å²) in [6.45, 7) is 2.03. The van der Waals surface area contributed by atoms with Gasteiger partial charge in [-0.2, -0.15) is 0 Å². The smallest absolute Gasteiger partial charge is 0.170 e. The molecule has 0 aliphatic carbocycles. The van der Waals surface area contributed by atoms with E-state index in [1.54, 1.807) is 26.4 Å². The average Bonchev–Trinajstić information content (AvgIpc) is 2.80. The number of pyridine rings is 1. The first-order chi connectivity index (χ1) is 8.26. The van der Waals surface area contributed by atoms with Crippen LogP contribution in [0.2, 0.25) is 0 Å². The number of hydrogen-bond donors (Lipinski definition) is 1. The zero-order valence-electron chi connectivity index (χ0n) is 10.2. The zero-order chi connectivity index (χ0) is 12.3. The van der Waals surface area contributed by atoms with Crippen molar-refractivity contribution in [3.63, 3.8) is 0 Å². The molecule has 0 aromatic carbocycles. The fraction of sp³-hybridized carbons (Fsp3) is 0.583. The van der Waals surface area contributed by atoms with E-state index < -0.39 is 0 Å². The predicted octanol–water partition coefficient (Wildman–Crippen LogP) is 1.17. The summed E-state index contributed by atoms with van der Waals surface area (Å²) < 4.78 is 19.4. The summed E-state index contributed by atoms with van der Waals surface area (Å²) in [6.07, 6.45) is 2.77. The molecule has 1 aromatic heterocycles. The second-order valence-corrected chi connectivity index (χ2v) is 4.23. The van der Waals surface area contributed by atoms with E-state index >= 15 is 0 Å². The highest BCUT2D eigenvalue weighted by Gasteiger charge is 2.25. The molecule has 2 rings (SSSR count). The van der Waals surface area contributed by atoms with Gasteiger partial charge in [-0.05, 0) is 19.5 Å². The summed E-state index contributed by atoms with van der Waals surface area (Å²) in [4.78, 5) is 6.09. The van der Waals surface area contributed by atoms with Crippen molar-refractivity contribution in [3.8, 4) is 0 Å². The van der Waals surface area contributed by atoms with Crippen molar-refractivity contribution < 1.29 is 9.13 Å². The van der Waals surface area contributed by atoms with Crippen molar-refractivity contribution in [2.75, 3.05) is 32.1 Å². The van der Waals surface area contributed by atoms with E-state index in [1.165, 1.54) is 0 Å². The average molecular weight is 239 g/mol. The maximum absolute atomic E-state index is 14.2. The fourth-order valence-corrected chi connectivity index (χ4v) is 2.13. The summed E-state index contributed by atoms with van der Waals surface area (Å²) in [5.74, 6) is 0.218. The van der Waals surface area contributed by atoms with Crippen LogP contribution >= 0.6 is 0 Å².